The second-order valence-electron chi connectivity index (χ2n) is 3.21. The summed E-state index contributed by atoms with van der Waals surface area (Å²) in [7, 11) is 0. The summed E-state index contributed by atoms with van der Waals surface area (Å²) in [6, 6.07) is -0.130. The zero-order valence-corrected chi connectivity index (χ0v) is 7.77. The minimum atomic E-state index is -0.339. The van der Waals surface area contributed by atoms with Gasteiger partial charge in [0.05, 0.1) is 6.61 Å². The maximum absolute atomic E-state index is 11.2. The Labute approximate surface area is 77.5 Å². The van der Waals surface area contributed by atoms with E-state index >= 15 is 0 Å². The van der Waals surface area contributed by atoms with E-state index < -0.39 is 0 Å². The molecule has 0 saturated carbocycles. The molecule has 1 fully saturated rings. The Morgan fingerprint density at radius 1 is 1.69 bits per heavy atom. The van der Waals surface area contributed by atoms with Crippen LogP contribution < -0.4 is 5.73 Å². The molecule has 0 aliphatic carbocycles. The highest BCUT2D eigenvalue weighted by Gasteiger charge is 2.32. The maximum atomic E-state index is 11.2. The fourth-order valence-electron chi connectivity index (χ4n) is 1.45. The van der Waals surface area contributed by atoms with Gasteiger partial charge in [-0.25, -0.2) is 4.79 Å². The lowest BCUT2D eigenvalue weighted by molar-refractivity contribution is 0.112. The van der Waals surface area contributed by atoms with E-state index in [1.807, 2.05) is 0 Å². The Morgan fingerprint density at radius 3 is 2.85 bits per heavy atom. The SMILES string of the molecule is CCOC(=O)N1CC(N)[C@H](CO)C1. The molecule has 0 bridgehead atoms. The first-order chi connectivity index (χ1) is 6.19. The number of likely N-dealkylation sites (tertiary alicyclic amines) is 1. The minimum absolute atomic E-state index is 0.00981. The summed E-state index contributed by atoms with van der Waals surface area (Å²) in [4.78, 5) is 12.8. The Morgan fingerprint density at radius 2 is 2.38 bits per heavy atom. The van der Waals surface area contributed by atoms with Crippen molar-refractivity contribution in [2.45, 2.75) is 13.0 Å². The number of ether oxygens (including phenoxy) is 1. The molecule has 2 atom stereocenters. The van der Waals surface area contributed by atoms with Gasteiger partial charge in [-0.1, -0.05) is 0 Å². The second-order valence-corrected chi connectivity index (χ2v) is 3.21. The fraction of sp³-hybridized carbons (Fsp3) is 0.875. The molecular formula is C8H16N2O3. The molecule has 0 aromatic rings. The predicted octanol–water partition coefficient (Wildman–Crippen LogP) is -0.606. The first kappa shape index (κ1) is 10.3. The predicted molar refractivity (Wildman–Crippen MR) is 47.1 cm³/mol. The van der Waals surface area contributed by atoms with Crippen LogP contribution in [0.2, 0.25) is 0 Å². The van der Waals surface area contributed by atoms with Crippen LogP contribution in [-0.2, 0) is 4.74 Å². The summed E-state index contributed by atoms with van der Waals surface area (Å²) in [6.07, 6.45) is -0.339. The van der Waals surface area contributed by atoms with Gasteiger partial charge in [0.25, 0.3) is 0 Å². The molecule has 1 saturated heterocycles. The van der Waals surface area contributed by atoms with Gasteiger partial charge in [-0.15, -0.1) is 0 Å². The van der Waals surface area contributed by atoms with Crippen molar-refractivity contribution in [2.24, 2.45) is 11.7 Å². The summed E-state index contributed by atoms with van der Waals surface area (Å²) in [6.45, 7) is 3.13. The molecule has 0 spiro atoms. The molecule has 1 amide bonds. The zero-order chi connectivity index (χ0) is 9.84. The first-order valence-electron chi connectivity index (χ1n) is 4.47. The molecule has 1 unspecified atom stereocenters. The van der Waals surface area contributed by atoms with Crippen molar-refractivity contribution in [1.29, 1.82) is 0 Å². The van der Waals surface area contributed by atoms with Crippen LogP contribution in [0, 0.1) is 5.92 Å². The zero-order valence-electron chi connectivity index (χ0n) is 7.77. The smallest absolute Gasteiger partial charge is 0.409 e. The Bertz CT molecular complexity index is 186. The molecule has 1 heterocycles. The van der Waals surface area contributed by atoms with E-state index in [0.29, 0.717) is 19.7 Å². The van der Waals surface area contributed by atoms with Crippen molar-refractivity contribution in [1.82, 2.24) is 4.90 Å². The van der Waals surface area contributed by atoms with Crippen LogP contribution in [0.25, 0.3) is 0 Å². The molecule has 0 aromatic heterocycles. The van der Waals surface area contributed by atoms with Crippen molar-refractivity contribution in [3.8, 4) is 0 Å². The number of carbonyl (C=O) groups is 1. The third-order valence-corrected chi connectivity index (χ3v) is 2.25. The summed E-state index contributed by atoms with van der Waals surface area (Å²) in [5, 5.41) is 8.91. The molecule has 1 rings (SSSR count). The van der Waals surface area contributed by atoms with Crippen LogP contribution in [-0.4, -0.2) is 48.4 Å². The summed E-state index contributed by atoms with van der Waals surface area (Å²) in [5.41, 5.74) is 5.70. The van der Waals surface area contributed by atoms with Gasteiger partial charge in [-0.05, 0) is 6.92 Å². The largest absolute Gasteiger partial charge is 0.450 e. The second kappa shape index (κ2) is 4.43. The van der Waals surface area contributed by atoms with Crippen LogP contribution in [0.5, 0.6) is 0 Å². The fourth-order valence-corrected chi connectivity index (χ4v) is 1.45. The highest BCUT2D eigenvalue weighted by atomic mass is 16.6. The van der Waals surface area contributed by atoms with Gasteiger partial charge < -0.3 is 20.5 Å². The molecule has 3 N–H and O–H groups in total. The number of aliphatic hydroxyl groups excluding tert-OH is 1. The molecule has 76 valence electrons. The van der Waals surface area contributed by atoms with Gasteiger partial charge in [0, 0.05) is 31.7 Å². The minimum Gasteiger partial charge on any atom is -0.450 e. The Hall–Kier alpha value is -0.810. The standard InChI is InChI=1S/C8H16N2O3/c1-2-13-8(12)10-3-6(5-11)7(9)4-10/h6-7,11H,2-5,9H2,1H3/t6-,7?/m0/s1. The highest BCUT2D eigenvalue weighted by molar-refractivity contribution is 5.68. The lowest BCUT2D eigenvalue weighted by Crippen LogP contribution is -2.33. The van der Waals surface area contributed by atoms with Crippen molar-refractivity contribution in [2.75, 3.05) is 26.3 Å². The normalized spacial score (nSPS) is 27.8. The van der Waals surface area contributed by atoms with Gasteiger partial charge in [-0.3, -0.25) is 0 Å². The quantitative estimate of drug-likeness (QED) is 0.606. The number of hydrogen-bond donors (Lipinski definition) is 2. The number of nitrogens with two attached hydrogens (primary N) is 1. The number of nitrogens with zero attached hydrogens (tertiary/aromatic N) is 1. The topological polar surface area (TPSA) is 75.8 Å². The number of rotatable bonds is 2. The summed E-state index contributed by atoms with van der Waals surface area (Å²) in [5.74, 6) is -0.00981. The van der Waals surface area contributed by atoms with Gasteiger partial charge in [0.15, 0.2) is 0 Å². The molecule has 13 heavy (non-hydrogen) atoms. The first-order valence-corrected chi connectivity index (χ1v) is 4.47. The van der Waals surface area contributed by atoms with Crippen LogP contribution in [0.3, 0.4) is 0 Å². The molecule has 0 aromatic carbocycles. The molecule has 5 nitrogen and oxygen atoms in total. The van der Waals surface area contributed by atoms with Crippen molar-refractivity contribution < 1.29 is 14.6 Å². The molecule has 1 aliphatic rings. The Balaban J connectivity index is 2.43. The van der Waals surface area contributed by atoms with Gasteiger partial charge >= 0.3 is 6.09 Å². The highest BCUT2D eigenvalue weighted by Crippen LogP contribution is 2.15. The number of amides is 1. The number of hydrogen-bond acceptors (Lipinski definition) is 4. The maximum Gasteiger partial charge on any atom is 0.409 e. The third-order valence-electron chi connectivity index (χ3n) is 2.25. The van der Waals surface area contributed by atoms with Crippen LogP contribution in [0.1, 0.15) is 6.92 Å². The average Bonchev–Trinajstić information content (AvgIpc) is 2.47. The van der Waals surface area contributed by atoms with Gasteiger partial charge in [0.2, 0.25) is 0 Å². The van der Waals surface area contributed by atoms with Gasteiger partial charge in [-0.2, -0.15) is 0 Å². The van der Waals surface area contributed by atoms with Crippen molar-refractivity contribution >= 4 is 6.09 Å². The van der Waals surface area contributed by atoms with E-state index in [9.17, 15) is 4.79 Å². The third kappa shape index (κ3) is 2.32. The summed E-state index contributed by atoms with van der Waals surface area (Å²) >= 11 is 0. The van der Waals surface area contributed by atoms with E-state index in [4.69, 9.17) is 15.6 Å². The van der Waals surface area contributed by atoms with E-state index in [-0.39, 0.29) is 24.7 Å². The molecule has 1 aliphatic heterocycles. The average molecular weight is 188 g/mol. The van der Waals surface area contributed by atoms with E-state index in [2.05, 4.69) is 0 Å². The van der Waals surface area contributed by atoms with Crippen molar-refractivity contribution in [3.63, 3.8) is 0 Å². The Kier molecular flexibility index (Phi) is 3.50. The number of carbonyl (C=O) groups excluding carboxylic acids is 1. The van der Waals surface area contributed by atoms with Crippen LogP contribution in [0.15, 0.2) is 0 Å². The summed E-state index contributed by atoms with van der Waals surface area (Å²) < 4.78 is 4.82. The lowest BCUT2D eigenvalue weighted by atomic mass is 10.1. The molecular weight excluding hydrogens is 172 g/mol. The van der Waals surface area contributed by atoms with E-state index in [1.54, 1.807) is 6.92 Å². The van der Waals surface area contributed by atoms with Crippen LogP contribution in [0.4, 0.5) is 4.79 Å². The van der Waals surface area contributed by atoms with E-state index in [0.717, 1.165) is 0 Å². The van der Waals surface area contributed by atoms with E-state index in [1.165, 1.54) is 4.90 Å². The monoisotopic (exact) mass is 188 g/mol. The lowest BCUT2D eigenvalue weighted by Gasteiger charge is -2.14. The van der Waals surface area contributed by atoms with Crippen LogP contribution >= 0.6 is 0 Å². The molecule has 0 radical (unpaired) electrons. The van der Waals surface area contributed by atoms with Gasteiger partial charge in [0.1, 0.15) is 0 Å². The number of aliphatic hydroxyl groups is 1. The van der Waals surface area contributed by atoms with Crippen molar-refractivity contribution in [3.05, 3.63) is 0 Å². The molecule has 5 heteroatoms.